The van der Waals surface area contributed by atoms with Gasteiger partial charge in [-0.3, -0.25) is 4.79 Å². The molecule has 1 amide bonds. The number of benzene rings is 1. The number of nitrogens with one attached hydrogen (secondary N) is 1. The second kappa shape index (κ2) is 7.22. The van der Waals surface area contributed by atoms with Crippen LogP contribution in [-0.4, -0.2) is 27.5 Å². The molecule has 0 fully saturated rings. The Balaban J connectivity index is 2.50. The quantitative estimate of drug-likeness (QED) is 0.726. The highest BCUT2D eigenvalue weighted by molar-refractivity contribution is 7.88. The average molecular weight is 286 g/mol. The predicted octanol–water partition coefficient (Wildman–Crippen LogP) is 0.840. The van der Waals surface area contributed by atoms with Gasteiger partial charge in [0.2, 0.25) is 15.9 Å². The summed E-state index contributed by atoms with van der Waals surface area (Å²) in [5.41, 5.74) is 1.19. The second-order valence-corrected chi connectivity index (χ2v) is 5.61. The lowest BCUT2D eigenvalue weighted by Crippen LogP contribution is -2.15. The fourth-order valence-electron chi connectivity index (χ4n) is 1.45. The molecular formula is C12H18N2O4S. The first-order valence-corrected chi connectivity index (χ1v) is 7.59. The number of hydrogen-bond donors (Lipinski definition) is 2. The highest BCUT2D eigenvalue weighted by Crippen LogP contribution is 2.11. The summed E-state index contributed by atoms with van der Waals surface area (Å²) in [5, 5.41) is 7.63. The van der Waals surface area contributed by atoms with Crippen molar-refractivity contribution in [1.29, 1.82) is 0 Å². The van der Waals surface area contributed by atoms with E-state index < -0.39 is 10.0 Å². The van der Waals surface area contributed by atoms with E-state index in [1.54, 1.807) is 24.3 Å². The van der Waals surface area contributed by atoms with Crippen molar-refractivity contribution in [3.63, 3.8) is 0 Å². The van der Waals surface area contributed by atoms with Crippen LogP contribution >= 0.6 is 0 Å². The number of anilines is 1. The maximum absolute atomic E-state index is 11.5. The molecule has 0 aliphatic carbocycles. The van der Waals surface area contributed by atoms with Crippen LogP contribution in [0, 0.1) is 0 Å². The van der Waals surface area contributed by atoms with E-state index >= 15 is 0 Å². The standard InChI is InChI=1S/C12H18N2O4S/c1-2-18-8-7-12(15)14-11-5-3-10(4-6-11)9-19(13,16)17/h3-6H,2,7-9H2,1H3,(H,14,15)(H2,13,16,17). The molecule has 0 spiro atoms. The topological polar surface area (TPSA) is 98.5 Å². The fraction of sp³-hybridized carbons (Fsp3) is 0.417. The SMILES string of the molecule is CCOCCC(=O)Nc1ccc(CS(N)(=O)=O)cc1. The molecule has 3 N–H and O–H groups in total. The molecule has 0 unspecified atom stereocenters. The number of ether oxygens (including phenoxy) is 1. The zero-order valence-corrected chi connectivity index (χ0v) is 11.6. The van der Waals surface area contributed by atoms with Crippen LogP contribution in [-0.2, 0) is 25.3 Å². The van der Waals surface area contributed by atoms with Gasteiger partial charge >= 0.3 is 0 Å². The number of nitrogens with two attached hydrogens (primary N) is 1. The molecule has 0 saturated carbocycles. The lowest BCUT2D eigenvalue weighted by atomic mass is 10.2. The van der Waals surface area contributed by atoms with Crippen LogP contribution in [0.4, 0.5) is 5.69 Å². The van der Waals surface area contributed by atoms with Crippen LogP contribution in [0.3, 0.4) is 0 Å². The summed E-state index contributed by atoms with van der Waals surface area (Å²) >= 11 is 0. The van der Waals surface area contributed by atoms with Crippen LogP contribution in [0.1, 0.15) is 18.9 Å². The van der Waals surface area contributed by atoms with Crippen molar-refractivity contribution in [3.05, 3.63) is 29.8 Å². The second-order valence-electron chi connectivity index (χ2n) is 4.00. The van der Waals surface area contributed by atoms with Gasteiger partial charge in [-0.25, -0.2) is 13.6 Å². The van der Waals surface area contributed by atoms with Crippen LogP contribution in [0.15, 0.2) is 24.3 Å². The Morgan fingerprint density at radius 1 is 1.32 bits per heavy atom. The molecule has 1 rings (SSSR count). The monoisotopic (exact) mass is 286 g/mol. The largest absolute Gasteiger partial charge is 0.381 e. The third-order valence-electron chi connectivity index (χ3n) is 2.28. The van der Waals surface area contributed by atoms with E-state index in [0.717, 1.165) is 0 Å². The Labute approximate surface area is 113 Å². The molecule has 1 aromatic carbocycles. The Hall–Kier alpha value is -1.44. The predicted molar refractivity (Wildman–Crippen MR) is 73.0 cm³/mol. The molecule has 0 aliphatic heterocycles. The van der Waals surface area contributed by atoms with Crippen molar-refractivity contribution in [2.75, 3.05) is 18.5 Å². The minimum absolute atomic E-state index is 0.146. The number of hydrogen-bond acceptors (Lipinski definition) is 4. The Kier molecular flexibility index (Phi) is 5.94. The molecule has 0 atom stereocenters. The Bertz CT molecular complexity index is 511. The Morgan fingerprint density at radius 2 is 1.95 bits per heavy atom. The summed E-state index contributed by atoms with van der Waals surface area (Å²) in [4.78, 5) is 11.5. The third-order valence-corrected chi connectivity index (χ3v) is 3.02. The van der Waals surface area contributed by atoms with Crippen molar-refractivity contribution in [2.24, 2.45) is 5.14 Å². The molecule has 0 aliphatic rings. The summed E-state index contributed by atoms with van der Waals surface area (Å²) in [6, 6.07) is 6.50. The molecule has 19 heavy (non-hydrogen) atoms. The summed E-state index contributed by atoms with van der Waals surface area (Å²) < 4.78 is 26.9. The summed E-state index contributed by atoms with van der Waals surface area (Å²) in [6.45, 7) is 2.82. The molecule has 0 aromatic heterocycles. The summed E-state index contributed by atoms with van der Waals surface area (Å²) in [7, 11) is -3.53. The van der Waals surface area contributed by atoms with Crippen LogP contribution in [0.25, 0.3) is 0 Å². The van der Waals surface area contributed by atoms with E-state index in [0.29, 0.717) is 24.5 Å². The molecular weight excluding hydrogens is 268 g/mol. The van der Waals surface area contributed by atoms with Crippen molar-refractivity contribution < 1.29 is 17.9 Å². The number of carbonyl (C=O) groups is 1. The molecule has 0 bridgehead atoms. The first-order valence-electron chi connectivity index (χ1n) is 5.87. The lowest BCUT2D eigenvalue weighted by Gasteiger charge is -2.06. The van der Waals surface area contributed by atoms with Gasteiger partial charge in [-0.1, -0.05) is 12.1 Å². The number of carbonyl (C=O) groups excluding carboxylic acids is 1. The maximum Gasteiger partial charge on any atom is 0.226 e. The molecule has 0 saturated heterocycles. The number of sulfonamides is 1. The van der Waals surface area contributed by atoms with Gasteiger partial charge in [-0.15, -0.1) is 0 Å². The first-order chi connectivity index (χ1) is 8.90. The Morgan fingerprint density at radius 3 is 2.47 bits per heavy atom. The van der Waals surface area contributed by atoms with E-state index in [4.69, 9.17) is 9.88 Å². The van der Waals surface area contributed by atoms with Crippen LogP contribution in [0.5, 0.6) is 0 Å². The van der Waals surface area contributed by atoms with Crippen molar-refractivity contribution in [3.8, 4) is 0 Å². The van der Waals surface area contributed by atoms with Crippen LogP contribution < -0.4 is 10.5 Å². The molecule has 6 nitrogen and oxygen atoms in total. The van der Waals surface area contributed by atoms with Gasteiger partial charge in [0.15, 0.2) is 0 Å². The lowest BCUT2D eigenvalue weighted by molar-refractivity contribution is -0.117. The molecule has 1 aromatic rings. The van der Waals surface area contributed by atoms with E-state index in [1.807, 2.05) is 6.92 Å². The number of rotatable bonds is 7. The maximum atomic E-state index is 11.5. The van der Waals surface area contributed by atoms with Gasteiger partial charge in [0.25, 0.3) is 0 Å². The minimum atomic E-state index is -3.53. The first kappa shape index (κ1) is 15.6. The van der Waals surface area contributed by atoms with E-state index in [1.165, 1.54) is 0 Å². The van der Waals surface area contributed by atoms with Gasteiger partial charge in [-0.2, -0.15) is 0 Å². The summed E-state index contributed by atoms with van der Waals surface area (Å²) in [6.07, 6.45) is 0.284. The van der Waals surface area contributed by atoms with Gasteiger partial charge < -0.3 is 10.1 Å². The van der Waals surface area contributed by atoms with E-state index in [9.17, 15) is 13.2 Å². The van der Waals surface area contributed by atoms with Gasteiger partial charge in [0, 0.05) is 12.3 Å². The molecule has 0 heterocycles. The van der Waals surface area contributed by atoms with Crippen LogP contribution in [0.2, 0.25) is 0 Å². The number of amides is 1. The normalized spacial score (nSPS) is 11.3. The van der Waals surface area contributed by atoms with Crippen molar-refractivity contribution in [1.82, 2.24) is 0 Å². The van der Waals surface area contributed by atoms with Crippen molar-refractivity contribution in [2.45, 2.75) is 19.1 Å². The van der Waals surface area contributed by atoms with Gasteiger partial charge in [0.1, 0.15) is 0 Å². The van der Waals surface area contributed by atoms with E-state index in [2.05, 4.69) is 5.32 Å². The van der Waals surface area contributed by atoms with Gasteiger partial charge in [0.05, 0.1) is 18.8 Å². The molecule has 7 heteroatoms. The summed E-state index contributed by atoms with van der Waals surface area (Å²) in [5.74, 6) is -0.362. The van der Waals surface area contributed by atoms with Crippen molar-refractivity contribution >= 4 is 21.6 Å². The zero-order valence-electron chi connectivity index (χ0n) is 10.8. The van der Waals surface area contributed by atoms with Gasteiger partial charge in [-0.05, 0) is 24.6 Å². The highest BCUT2D eigenvalue weighted by Gasteiger charge is 2.06. The molecule has 106 valence electrons. The van der Waals surface area contributed by atoms with E-state index in [-0.39, 0.29) is 18.1 Å². The smallest absolute Gasteiger partial charge is 0.226 e. The highest BCUT2D eigenvalue weighted by atomic mass is 32.2. The third kappa shape index (κ3) is 6.90. The minimum Gasteiger partial charge on any atom is -0.381 e. The zero-order chi connectivity index (χ0) is 14.3. The number of primary sulfonamides is 1. The average Bonchev–Trinajstić information content (AvgIpc) is 2.30. The molecule has 0 radical (unpaired) electrons. The fourth-order valence-corrected chi connectivity index (χ4v) is 2.11.